The fraction of sp³-hybridized carbons (Fsp3) is 0.500. The zero-order chi connectivity index (χ0) is 21.0. The van der Waals surface area contributed by atoms with Crippen molar-refractivity contribution in [2.24, 2.45) is 11.8 Å². The van der Waals surface area contributed by atoms with Gasteiger partial charge in [-0.25, -0.2) is 4.79 Å². The topological polar surface area (TPSA) is 78.5 Å². The highest BCUT2D eigenvalue weighted by Gasteiger charge is 2.51. The molecular formula is C22H28ClN3O3. The highest BCUT2D eigenvalue weighted by Crippen LogP contribution is 2.35. The standard InChI is InChI=1S/C22H28ClN3O3/c1-15(2)9-12-22(20(28)24-21(29)25-22)17-10-13-26(14-11-17)19(27)8-5-16-3-6-18(23)7-4-16/h3-8,15,17H,9-14H2,1-2H3,(H2,24,25,28,29)/b8-5+. The first kappa shape index (κ1) is 21.4. The van der Waals surface area contributed by atoms with E-state index in [1.807, 2.05) is 12.1 Å². The third-order valence-electron chi connectivity index (χ3n) is 5.88. The summed E-state index contributed by atoms with van der Waals surface area (Å²) in [6.07, 6.45) is 6.20. The largest absolute Gasteiger partial charge is 0.339 e. The Balaban J connectivity index is 1.62. The van der Waals surface area contributed by atoms with Crippen molar-refractivity contribution in [2.45, 2.75) is 45.1 Å². The lowest BCUT2D eigenvalue weighted by Crippen LogP contribution is -2.56. The van der Waals surface area contributed by atoms with Gasteiger partial charge in [0.15, 0.2) is 0 Å². The molecule has 1 aromatic carbocycles. The van der Waals surface area contributed by atoms with Crippen molar-refractivity contribution >= 4 is 35.5 Å². The molecule has 7 heteroatoms. The van der Waals surface area contributed by atoms with Gasteiger partial charge in [-0.3, -0.25) is 14.9 Å². The summed E-state index contributed by atoms with van der Waals surface area (Å²) in [6.45, 7) is 5.36. The number of amides is 4. The molecule has 2 aliphatic heterocycles. The highest BCUT2D eigenvalue weighted by molar-refractivity contribution is 6.30. The van der Waals surface area contributed by atoms with Gasteiger partial charge in [-0.2, -0.15) is 0 Å². The lowest BCUT2D eigenvalue weighted by molar-refractivity contribution is -0.130. The first-order valence-electron chi connectivity index (χ1n) is 10.2. The van der Waals surface area contributed by atoms with E-state index in [0.29, 0.717) is 43.3 Å². The molecule has 6 nitrogen and oxygen atoms in total. The molecule has 1 aromatic rings. The molecule has 2 saturated heterocycles. The van der Waals surface area contributed by atoms with Gasteiger partial charge in [-0.05, 0) is 61.3 Å². The highest BCUT2D eigenvalue weighted by atomic mass is 35.5. The van der Waals surface area contributed by atoms with Crippen LogP contribution in [0.25, 0.3) is 6.08 Å². The van der Waals surface area contributed by atoms with E-state index in [0.717, 1.165) is 12.0 Å². The van der Waals surface area contributed by atoms with Gasteiger partial charge in [0.05, 0.1) is 0 Å². The number of carbonyl (C=O) groups is 3. The van der Waals surface area contributed by atoms with Crippen molar-refractivity contribution in [2.75, 3.05) is 13.1 Å². The number of halogens is 1. The maximum atomic E-state index is 12.6. The Morgan fingerprint density at radius 2 is 1.90 bits per heavy atom. The molecule has 0 radical (unpaired) electrons. The van der Waals surface area contributed by atoms with E-state index in [-0.39, 0.29) is 17.7 Å². The monoisotopic (exact) mass is 417 g/mol. The molecule has 0 saturated carbocycles. The van der Waals surface area contributed by atoms with E-state index >= 15 is 0 Å². The van der Waals surface area contributed by atoms with Crippen LogP contribution in [0.5, 0.6) is 0 Å². The molecule has 2 heterocycles. The Labute approximate surface area is 176 Å². The molecule has 2 N–H and O–H groups in total. The SMILES string of the molecule is CC(C)CCC1(C2CCN(C(=O)/C=C/c3ccc(Cl)cc3)CC2)NC(=O)NC1=O. The quantitative estimate of drug-likeness (QED) is 0.548. The van der Waals surface area contributed by atoms with Crippen LogP contribution in [0.4, 0.5) is 4.79 Å². The summed E-state index contributed by atoms with van der Waals surface area (Å²) in [4.78, 5) is 38.8. The van der Waals surface area contributed by atoms with E-state index < -0.39 is 11.6 Å². The Bertz CT molecular complexity index is 798. The van der Waals surface area contributed by atoms with Crippen LogP contribution in [0.15, 0.2) is 30.3 Å². The average molecular weight is 418 g/mol. The number of hydrogen-bond donors (Lipinski definition) is 2. The molecule has 0 bridgehead atoms. The third kappa shape index (κ3) is 4.99. The zero-order valence-corrected chi connectivity index (χ0v) is 17.7. The van der Waals surface area contributed by atoms with Crippen LogP contribution in [0.2, 0.25) is 5.02 Å². The molecule has 4 amide bonds. The van der Waals surface area contributed by atoms with Crippen LogP contribution < -0.4 is 10.6 Å². The van der Waals surface area contributed by atoms with Crippen molar-refractivity contribution in [1.82, 2.24) is 15.5 Å². The summed E-state index contributed by atoms with van der Waals surface area (Å²) >= 11 is 5.88. The predicted molar refractivity (Wildman–Crippen MR) is 113 cm³/mol. The second kappa shape index (κ2) is 8.99. The number of likely N-dealkylation sites (tertiary alicyclic amines) is 1. The summed E-state index contributed by atoms with van der Waals surface area (Å²) in [5.74, 6) is 0.193. The van der Waals surface area contributed by atoms with Crippen LogP contribution in [0.1, 0.15) is 45.1 Å². The normalized spacial score (nSPS) is 23.0. The first-order chi connectivity index (χ1) is 13.8. The first-order valence-corrected chi connectivity index (χ1v) is 10.5. The molecular weight excluding hydrogens is 390 g/mol. The molecule has 2 aliphatic rings. The van der Waals surface area contributed by atoms with Gasteiger partial charge in [0, 0.05) is 24.2 Å². The van der Waals surface area contributed by atoms with Crippen molar-refractivity contribution in [3.8, 4) is 0 Å². The number of rotatable bonds is 6. The van der Waals surface area contributed by atoms with Gasteiger partial charge in [0.2, 0.25) is 5.91 Å². The number of nitrogens with zero attached hydrogens (tertiary/aromatic N) is 1. The molecule has 1 unspecified atom stereocenters. The maximum Gasteiger partial charge on any atom is 0.322 e. The molecule has 0 aliphatic carbocycles. The van der Waals surface area contributed by atoms with Crippen LogP contribution in [0.3, 0.4) is 0 Å². The minimum atomic E-state index is -0.852. The number of piperidine rings is 1. The van der Waals surface area contributed by atoms with Gasteiger partial charge in [0.25, 0.3) is 5.91 Å². The molecule has 2 fully saturated rings. The van der Waals surface area contributed by atoms with E-state index in [9.17, 15) is 14.4 Å². The Kier molecular flexibility index (Phi) is 6.63. The molecule has 3 rings (SSSR count). The van der Waals surface area contributed by atoms with E-state index in [1.165, 1.54) is 0 Å². The molecule has 1 atom stereocenters. The van der Waals surface area contributed by atoms with Gasteiger partial charge in [-0.15, -0.1) is 0 Å². The van der Waals surface area contributed by atoms with Crippen LogP contribution in [0, 0.1) is 11.8 Å². The smallest absolute Gasteiger partial charge is 0.322 e. The number of benzene rings is 1. The summed E-state index contributed by atoms with van der Waals surface area (Å²) in [7, 11) is 0. The fourth-order valence-electron chi connectivity index (χ4n) is 4.13. The van der Waals surface area contributed by atoms with Crippen LogP contribution in [-0.4, -0.2) is 41.4 Å². The summed E-state index contributed by atoms with van der Waals surface area (Å²) in [5, 5.41) is 5.98. The van der Waals surface area contributed by atoms with Gasteiger partial charge in [0.1, 0.15) is 5.54 Å². The van der Waals surface area contributed by atoms with Crippen LogP contribution >= 0.6 is 11.6 Å². The summed E-state index contributed by atoms with van der Waals surface area (Å²) < 4.78 is 0. The number of imide groups is 1. The number of nitrogens with one attached hydrogen (secondary N) is 2. The molecule has 156 valence electrons. The summed E-state index contributed by atoms with van der Waals surface area (Å²) in [6, 6.07) is 6.88. The van der Waals surface area contributed by atoms with Crippen molar-refractivity contribution < 1.29 is 14.4 Å². The van der Waals surface area contributed by atoms with E-state index in [2.05, 4.69) is 24.5 Å². The third-order valence-corrected chi connectivity index (χ3v) is 6.13. The second-order valence-electron chi connectivity index (χ2n) is 8.30. The fourth-order valence-corrected chi connectivity index (χ4v) is 4.25. The average Bonchev–Trinajstić information content (AvgIpc) is 3.00. The van der Waals surface area contributed by atoms with Gasteiger partial charge >= 0.3 is 6.03 Å². The zero-order valence-electron chi connectivity index (χ0n) is 16.9. The number of carbonyl (C=O) groups excluding carboxylic acids is 3. The molecule has 29 heavy (non-hydrogen) atoms. The van der Waals surface area contributed by atoms with Crippen molar-refractivity contribution in [3.05, 3.63) is 40.9 Å². The Morgan fingerprint density at radius 3 is 2.45 bits per heavy atom. The molecule has 0 spiro atoms. The molecule has 0 aromatic heterocycles. The summed E-state index contributed by atoms with van der Waals surface area (Å²) in [5.41, 5.74) is 0.0611. The van der Waals surface area contributed by atoms with E-state index in [1.54, 1.807) is 29.2 Å². The minimum Gasteiger partial charge on any atom is -0.339 e. The predicted octanol–water partition coefficient (Wildman–Crippen LogP) is 3.61. The van der Waals surface area contributed by atoms with Crippen molar-refractivity contribution in [1.29, 1.82) is 0 Å². The van der Waals surface area contributed by atoms with Gasteiger partial charge < -0.3 is 10.2 Å². The van der Waals surface area contributed by atoms with Crippen LogP contribution in [-0.2, 0) is 9.59 Å². The van der Waals surface area contributed by atoms with Gasteiger partial charge in [-0.1, -0.05) is 37.6 Å². The Morgan fingerprint density at radius 1 is 1.24 bits per heavy atom. The second-order valence-corrected chi connectivity index (χ2v) is 8.73. The maximum absolute atomic E-state index is 12.6. The lowest BCUT2D eigenvalue weighted by Gasteiger charge is -2.40. The minimum absolute atomic E-state index is 0.0250. The van der Waals surface area contributed by atoms with E-state index in [4.69, 9.17) is 11.6 Å². The lowest BCUT2D eigenvalue weighted by atomic mass is 9.74. The Hall–Kier alpha value is -2.34. The number of urea groups is 1. The van der Waals surface area contributed by atoms with Crippen molar-refractivity contribution in [3.63, 3.8) is 0 Å². The number of hydrogen-bond acceptors (Lipinski definition) is 3.